The highest BCUT2D eigenvalue weighted by Gasteiger charge is 2.17. The highest BCUT2D eigenvalue weighted by Crippen LogP contribution is 2.38. The fourth-order valence-electron chi connectivity index (χ4n) is 3.04. The minimum Gasteiger partial charge on any atom is -0.486 e. The first kappa shape index (κ1) is 21.5. The number of carbonyl (C=O) groups is 1. The molecule has 31 heavy (non-hydrogen) atoms. The van der Waals surface area contributed by atoms with E-state index in [0.717, 1.165) is 16.9 Å². The van der Waals surface area contributed by atoms with Gasteiger partial charge >= 0.3 is 0 Å². The Kier molecular flexibility index (Phi) is 6.35. The smallest absolute Gasteiger partial charge is 0.271 e. The van der Waals surface area contributed by atoms with Crippen molar-refractivity contribution in [1.29, 1.82) is 0 Å². The summed E-state index contributed by atoms with van der Waals surface area (Å²) in [5.41, 5.74) is 1.74. The van der Waals surface area contributed by atoms with Gasteiger partial charge in [0.25, 0.3) is 15.9 Å². The van der Waals surface area contributed by atoms with Crippen LogP contribution in [0.4, 0.5) is 5.69 Å². The Labute approximate surface area is 189 Å². The first-order valence-electron chi connectivity index (χ1n) is 9.45. The fourth-order valence-corrected chi connectivity index (χ4v) is 5.38. The lowest BCUT2D eigenvalue weighted by Crippen LogP contribution is -2.25. The second-order valence-electron chi connectivity index (χ2n) is 6.72. The van der Waals surface area contributed by atoms with Gasteiger partial charge in [0, 0.05) is 17.8 Å². The van der Waals surface area contributed by atoms with Crippen LogP contribution in [0.1, 0.15) is 15.9 Å². The van der Waals surface area contributed by atoms with Gasteiger partial charge in [0.1, 0.15) is 17.4 Å². The minimum atomic E-state index is -3.62. The van der Waals surface area contributed by atoms with Crippen molar-refractivity contribution in [2.45, 2.75) is 10.6 Å². The lowest BCUT2D eigenvalue weighted by Gasteiger charge is -2.20. The zero-order valence-electron chi connectivity index (χ0n) is 16.3. The van der Waals surface area contributed by atoms with Gasteiger partial charge in [-0.25, -0.2) is 8.42 Å². The van der Waals surface area contributed by atoms with Gasteiger partial charge in [-0.15, -0.1) is 11.3 Å². The molecule has 2 heterocycles. The van der Waals surface area contributed by atoms with E-state index in [9.17, 15) is 13.2 Å². The van der Waals surface area contributed by atoms with E-state index in [0.29, 0.717) is 54.0 Å². The van der Waals surface area contributed by atoms with Gasteiger partial charge in [0.05, 0.1) is 5.02 Å². The number of ether oxygens (including phenoxy) is 2. The number of rotatable bonds is 7. The van der Waals surface area contributed by atoms with E-state index in [1.807, 2.05) is 6.07 Å². The molecule has 162 valence electrons. The number of sulfonamides is 1. The number of nitrogens with one attached hydrogen (secondary N) is 2. The third kappa shape index (κ3) is 5.12. The molecule has 0 unspecified atom stereocenters. The van der Waals surface area contributed by atoms with Crippen LogP contribution in [0.25, 0.3) is 0 Å². The summed E-state index contributed by atoms with van der Waals surface area (Å²) in [5, 5.41) is 5.03. The van der Waals surface area contributed by atoms with E-state index in [-0.39, 0.29) is 10.1 Å². The number of hydrogen-bond acceptors (Lipinski definition) is 6. The molecule has 1 aliphatic heterocycles. The van der Waals surface area contributed by atoms with Gasteiger partial charge in [-0.1, -0.05) is 17.7 Å². The molecule has 0 radical (unpaired) electrons. The molecule has 2 N–H and O–H groups in total. The minimum absolute atomic E-state index is 0.230. The Hall–Kier alpha value is -2.75. The van der Waals surface area contributed by atoms with Crippen LogP contribution >= 0.6 is 22.9 Å². The van der Waals surface area contributed by atoms with Crippen molar-refractivity contribution >= 4 is 44.6 Å². The van der Waals surface area contributed by atoms with Crippen LogP contribution in [0.15, 0.2) is 58.1 Å². The summed E-state index contributed by atoms with van der Waals surface area (Å²) in [6.07, 6.45) is 0.570. The molecule has 1 aromatic heterocycles. The van der Waals surface area contributed by atoms with Crippen molar-refractivity contribution in [1.82, 2.24) is 5.32 Å². The van der Waals surface area contributed by atoms with E-state index in [1.165, 1.54) is 6.07 Å². The van der Waals surface area contributed by atoms with Crippen LogP contribution in [0.5, 0.6) is 11.5 Å². The van der Waals surface area contributed by atoms with Crippen LogP contribution in [-0.4, -0.2) is 34.1 Å². The highest BCUT2D eigenvalue weighted by molar-refractivity contribution is 7.94. The molecule has 0 saturated heterocycles. The van der Waals surface area contributed by atoms with Crippen molar-refractivity contribution in [2.75, 3.05) is 24.5 Å². The van der Waals surface area contributed by atoms with Crippen LogP contribution in [0.3, 0.4) is 0 Å². The number of halogens is 1. The van der Waals surface area contributed by atoms with Gasteiger partial charge in [0.2, 0.25) is 0 Å². The normalized spacial score (nSPS) is 12.9. The Morgan fingerprint density at radius 3 is 2.61 bits per heavy atom. The molecular weight excluding hydrogens is 460 g/mol. The Morgan fingerprint density at radius 2 is 1.87 bits per heavy atom. The van der Waals surface area contributed by atoms with Crippen LogP contribution in [0.2, 0.25) is 5.02 Å². The summed E-state index contributed by atoms with van der Waals surface area (Å²) in [5.74, 6) is 0.910. The number of hydrogen-bond donors (Lipinski definition) is 2. The summed E-state index contributed by atoms with van der Waals surface area (Å²) in [6.45, 7) is 1.35. The Balaban J connectivity index is 1.33. The zero-order chi connectivity index (χ0) is 21.8. The van der Waals surface area contributed by atoms with Crippen molar-refractivity contribution in [3.63, 3.8) is 0 Å². The SMILES string of the molecule is O=C(NCCc1cc(Cl)c2c(c1)OCCO2)c1ccc(NS(=O)(=O)c2cccs2)cc1. The summed E-state index contributed by atoms with van der Waals surface area (Å²) in [4.78, 5) is 12.4. The molecule has 0 spiro atoms. The number of carbonyl (C=O) groups excluding carboxylic acids is 1. The molecule has 1 aliphatic rings. The molecule has 0 saturated carbocycles. The zero-order valence-corrected chi connectivity index (χ0v) is 18.6. The molecule has 7 nitrogen and oxygen atoms in total. The van der Waals surface area contributed by atoms with Crippen molar-refractivity contribution < 1.29 is 22.7 Å². The van der Waals surface area contributed by atoms with E-state index in [1.54, 1.807) is 41.8 Å². The van der Waals surface area contributed by atoms with Gasteiger partial charge in [-0.3, -0.25) is 9.52 Å². The van der Waals surface area contributed by atoms with Gasteiger partial charge < -0.3 is 14.8 Å². The summed E-state index contributed by atoms with van der Waals surface area (Å²) >= 11 is 7.37. The van der Waals surface area contributed by atoms with Crippen LogP contribution in [-0.2, 0) is 16.4 Å². The van der Waals surface area contributed by atoms with Crippen molar-refractivity contribution in [3.8, 4) is 11.5 Å². The summed E-state index contributed by atoms with van der Waals surface area (Å²) < 4.78 is 38.3. The lowest BCUT2D eigenvalue weighted by molar-refractivity contribution is 0.0954. The average Bonchev–Trinajstić information content (AvgIpc) is 3.30. The van der Waals surface area contributed by atoms with E-state index in [2.05, 4.69) is 10.0 Å². The van der Waals surface area contributed by atoms with E-state index < -0.39 is 10.0 Å². The maximum atomic E-state index is 12.4. The molecule has 4 rings (SSSR count). The summed E-state index contributed by atoms with van der Waals surface area (Å²) in [6, 6.07) is 13.1. The molecule has 0 fully saturated rings. The number of anilines is 1. The monoisotopic (exact) mass is 478 g/mol. The fraction of sp³-hybridized carbons (Fsp3) is 0.190. The molecular formula is C21H19ClN2O5S2. The predicted molar refractivity (Wildman–Crippen MR) is 120 cm³/mol. The van der Waals surface area contributed by atoms with Crippen molar-refractivity contribution in [2.24, 2.45) is 0 Å². The van der Waals surface area contributed by atoms with Crippen LogP contribution < -0.4 is 19.5 Å². The second kappa shape index (κ2) is 9.17. The van der Waals surface area contributed by atoms with Gasteiger partial charge in [-0.05, 0) is 59.8 Å². The first-order valence-corrected chi connectivity index (χ1v) is 12.2. The third-order valence-corrected chi connectivity index (χ3v) is 7.57. The number of thiophene rings is 1. The largest absolute Gasteiger partial charge is 0.486 e. The van der Waals surface area contributed by atoms with E-state index >= 15 is 0 Å². The molecule has 3 aromatic rings. The molecule has 2 aromatic carbocycles. The van der Waals surface area contributed by atoms with Crippen molar-refractivity contribution in [3.05, 3.63) is 70.1 Å². The molecule has 10 heteroatoms. The lowest BCUT2D eigenvalue weighted by atomic mass is 10.1. The third-order valence-electron chi connectivity index (χ3n) is 4.52. The average molecular weight is 479 g/mol. The van der Waals surface area contributed by atoms with Gasteiger partial charge in [-0.2, -0.15) is 0 Å². The predicted octanol–water partition coefficient (Wildman–Crippen LogP) is 3.95. The Bertz CT molecular complexity index is 1180. The number of benzene rings is 2. The highest BCUT2D eigenvalue weighted by atomic mass is 35.5. The number of amides is 1. The summed E-state index contributed by atoms with van der Waals surface area (Å²) in [7, 11) is -3.62. The maximum absolute atomic E-state index is 12.4. The number of fused-ring (bicyclic) bond motifs is 1. The topological polar surface area (TPSA) is 93.7 Å². The quantitative estimate of drug-likeness (QED) is 0.536. The van der Waals surface area contributed by atoms with Crippen LogP contribution in [0, 0.1) is 0 Å². The Morgan fingerprint density at radius 1 is 1.10 bits per heavy atom. The second-order valence-corrected chi connectivity index (χ2v) is 9.99. The molecule has 0 bridgehead atoms. The maximum Gasteiger partial charge on any atom is 0.271 e. The van der Waals surface area contributed by atoms with E-state index in [4.69, 9.17) is 21.1 Å². The molecule has 1 amide bonds. The molecule has 0 atom stereocenters. The molecule has 0 aliphatic carbocycles. The standard InChI is InChI=1S/C21H19ClN2O5S2/c22-17-12-14(13-18-20(17)29-10-9-28-18)7-8-23-21(25)15-3-5-16(6-4-15)24-31(26,27)19-2-1-11-30-19/h1-6,11-13,24H,7-10H2,(H,23,25). The van der Waals surface area contributed by atoms with Gasteiger partial charge in [0.15, 0.2) is 11.5 Å². The first-order chi connectivity index (χ1) is 14.9.